The summed E-state index contributed by atoms with van der Waals surface area (Å²) in [5.74, 6) is 1.08. The fourth-order valence-corrected chi connectivity index (χ4v) is 7.51. The highest BCUT2D eigenvalue weighted by atomic mass is 35.5. The van der Waals surface area contributed by atoms with E-state index >= 15 is 0 Å². The number of benzene rings is 1. The Hall–Kier alpha value is -2.34. The normalized spacial score (nSPS) is 19.9. The summed E-state index contributed by atoms with van der Waals surface area (Å²) in [6.45, 7) is 1.88. The molecule has 4 unspecified atom stereocenters. The van der Waals surface area contributed by atoms with Crippen LogP contribution >= 0.6 is 23.4 Å². The number of aliphatic hydroxyl groups excluding tert-OH is 1. The molecule has 1 saturated carbocycles. The van der Waals surface area contributed by atoms with Crippen molar-refractivity contribution < 1.29 is 24.2 Å². The van der Waals surface area contributed by atoms with Crippen LogP contribution in [0.1, 0.15) is 69.5 Å². The molecule has 2 amide bonds. The van der Waals surface area contributed by atoms with Crippen LogP contribution in [0.2, 0.25) is 5.02 Å². The Morgan fingerprint density at radius 3 is 2.74 bits per heavy atom. The molecule has 2 aliphatic rings. The zero-order valence-electron chi connectivity index (χ0n) is 25.3. The molecule has 1 aromatic carbocycles. The van der Waals surface area contributed by atoms with Gasteiger partial charge >= 0.3 is 6.09 Å². The number of hydrogen-bond donors (Lipinski definition) is 2. The molecule has 1 aliphatic heterocycles. The van der Waals surface area contributed by atoms with Crippen molar-refractivity contribution in [2.45, 2.75) is 75.2 Å². The number of alkyl carbamates (subject to hydrolysis) is 1. The van der Waals surface area contributed by atoms with Crippen LogP contribution in [0.4, 0.5) is 4.79 Å². The zero-order chi connectivity index (χ0) is 30.6. The average Bonchev–Trinajstić information content (AvgIpc) is 3.44. The summed E-state index contributed by atoms with van der Waals surface area (Å²) in [7, 11) is 3.22. The van der Waals surface area contributed by atoms with Crippen LogP contribution in [0.25, 0.3) is 0 Å². The molecule has 1 aromatic heterocycles. The molecule has 43 heavy (non-hydrogen) atoms. The average molecular weight is 636 g/mol. The maximum Gasteiger partial charge on any atom is 0.406 e. The maximum absolute atomic E-state index is 13.8. The van der Waals surface area contributed by atoms with Gasteiger partial charge < -0.3 is 29.4 Å². The van der Waals surface area contributed by atoms with Crippen molar-refractivity contribution in [2.24, 2.45) is 24.8 Å². The molecule has 0 bridgehead atoms. The van der Waals surface area contributed by atoms with Gasteiger partial charge in [0.25, 0.3) is 0 Å². The van der Waals surface area contributed by atoms with Gasteiger partial charge in [-0.1, -0.05) is 67.6 Å². The fraction of sp³-hybridized carbons (Fsp3) is 0.677. The van der Waals surface area contributed by atoms with E-state index in [0.29, 0.717) is 49.4 Å². The molecule has 2 fully saturated rings. The Labute approximate surface area is 264 Å². The van der Waals surface area contributed by atoms with E-state index in [2.05, 4.69) is 20.3 Å². The summed E-state index contributed by atoms with van der Waals surface area (Å²) in [6, 6.07) is 7.64. The lowest BCUT2D eigenvalue weighted by atomic mass is 9.80. The van der Waals surface area contributed by atoms with Gasteiger partial charge in [0.2, 0.25) is 5.91 Å². The highest BCUT2D eigenvalue weighted by molar-refractivity contribution is 7.99. The van der Waals surface area contributed by atoms with Gasteiger partial charge in [-0.3, -0.25) is 4.79 Å². The number of aliphatic hydroxyl groups is 1. The van der Waals surface area contributed by atoms with Crippen LogP contribution in [0, 0.1) is 17.8 Å². The van der Waals surface area contributed by atoms with Crippen molar-refractivity contribution in [1.29, 1.82) is 0 Å². The lowest BCUT2D eigenvalue weighted by molar-refractivity contribution is -0.136. The fourth-order valence-electron chi connectivity index (χ4n) is 6.36. The molecule has 0 spiro atoms. The van der Waals surface area contributed by atoms with Gasteiger partial charge in [0, 0.05) is 49.8 Å². The topological polar surface area (TPSA) is 119 Å². The highest BCUT2D eigenvalue weighted by Crippen LogP contribution is 2.36. The number of rotatable bonds is 14. The monoisotopic (exact) mass is 635 g/mol. The van der Waals surface area contributed by atoms with Gasteiger partial charge in [-0.2, -0.15) is 0 Å². The van der Waals surface area contributed by atoms with Gasteiger partial charge in [0.15, 0.2) is 5.16 Å². The first-order chi connectivity index (χ1) is 20.8. The summed E-state index contributed by atoms with van der Waals surface area (Å²) in [4.78, 5) is 27.3. The largest absolute Gasteiger partial charge is 0.453 e. The van der Waals surface area contributed by atoms with Crippen molar-refractivity contribution in [3.8, 4) is 0 Å². The quantitative estimate of drug-likeness (QED) is 0.213. The molecule has 4 atom stereocenters. The van der Waals surface area contributed by atoms with Crippen molar-refractivity contribution in [3.63, 3.8) is 0 Å². The van der Waals surface area contributed by atoms with E-state index in [1.54, 1.807) is 6.33 Å². The van der Waals surface area contributed by atoms with Crippen LogP contribution in [-0.4, -0.2) is 82.0 Å². The highest BCUT2D eigenvalue weighted by Gasteiger charge is 2.34. The van der Waals surface area contributed by atoms with E-state index in [-0.39, 0.29) is 23.8 Å². The molecule has 4 rings (SSSR count). The van der Waals surface area contributed by atoms with Gasteiger partial charge in [-0.15, -0.1) is 10.2 Å². The Bertz CT molecular complexity index is 1160. The second kappa shape index (κ2) is 17.2. The summed E-state index contributed by atoms with van der Waals surface area (Å²) < 4.78 is 12.8. The van der Waals surface area contributed by atoms with E-state index in [9.17, 15) is 14.7 Å². The summed E-state index contributed by atoms with van der Waals surface area (Å²) in [6.07, 6.45) is 9.30. The molecule has 0 radical (unpaired) electrons. The van der Waals surface area contributed by atoms with Crippen LogP contribution in [0.15, 0.2) is 35.7 Å². The number of carbonyl (C=O) groups is 2. The number of nitrogens with zero attached hydrogens (tertiary/aromatic N) is 4. The molecular formula is C31H46ClN5O5S. The number of hydrogen-bond acceptors (Lipinski definition) is 8. The van der Waals surface area contributed by atoms with E-state index in [4.69, 9.17) is 16.3 Å². The third-order valence-electron chi connectivity index (χ3n) is 8.66. The summed E-state index contributed by atoms with van der Waals surface area (Å²) >= 11 is 7.82. The summed E-state index contributed by atoms with van der Waals surface area (Å²) in [5, 5.41) is 23.5. The third-order valence-corrected chi connectivity index (χ3v) is 10.0. The number of aryl methyl sites for hydroxylation is 1. The van der Waals surface area contributed by atoms with Crippen molar-refractivity contribution in [2.75, 3.05) is 39.1 Å². The van der Waals surface area contributed by atoms with Gasteiger partial charge in [-0.25, -0.2) is 4.79 Å². The number of likely N-dealkylation sites (tertiary alicyclic amines) is 1. The minimum absolute atomic E-state index is 0.0717. The predicted octanol–water partition coefficient (Wildman–Crippen LogP) is 5.25. The lowest BCUT2D eigenvalue weighted by Gasteiger charge is -2.38. The van der Waals surface area contributed by atoms with Gasteiger partial charge in [-0.05, 0) is 48.8 Å². The summed E-state index contributed by atoms with van der Waals surface area (Å²) in [5.41, 5.74) is 0.955. The van der Waals surface area contributed by atoms with E-state index in [1.807, 2.05) is 40.8 Å². The SMILES string of the molecule is COC(=O)NCCOC(c1cccc(Cl)c1)C1CCCN(C(=O)CC(CC2CCCCC2)C(O)CSc2nncn2C)C1. The molecule has 10 nitrogen and oxygen atoms in total. The number of thioether (sulfide) groups is 1. The molecule has 2 heterocycles. The molecule has 12 heteroatoms. The Kier molecular flexibility index (Phi) is 13.4. The maximum atomic E-state index is 13.8. The van der Waals surface area contributed by atoms with Crippen LogP contribution < -0.4 is 5.32 Å². The molecule has 1 aliphatic carbocycles. The molecule has 2 aromatic rings. The van der Waals surface area contributed by atoms with E-state index < -0.39 is 12.2 Å². The van der Waals surface area contributed by atoms with Crippen molar-refractivity contribution in [3.05, 3.63) is 41.2 Å². The zero-order valence-corrected chi connectivity index (χ0v) is 26.9. The molecule has 1 saturated heterocycles. The van der Waals surface area contributed by atoms with Crippen molar-refractivity contribution >= 4 is 35.4 Å². The Balaban J connectivity index is 1.41. The number of piperidine rings is 1. The standard InChI is InChI=1S/C31H46ClN5O5S/c1-36-21-34-35-30(36)43-20-27(38)25(16-22-8-4-3-5-9-22)18-28(39)37-14-7-11-24(19-37)29(23-10-6-12-26(32)17-23)42-15-13-33-31(40)41-2/h6,10,12,17,21-22,24-25,27,29,38H,3-5,7-9,11,13-16,18-20H2,1-2H3,(H,33,40). The number of nitrogens with one attached hydrogen (secondary N) is 1. The third kappa shape index (κ3) is 10.4. The van der Waals surface area contributed by atoms with Gasteiger partial charge in [0.05, 0.1) is 25.9 Å². The Morgan fingerprint density at radius 2 is 2.02 bits per heavy atom. The second-order valence-electron chi connectivity index (χ2n) is 11.8. The number of amides is 2. The number of methoxy groups -OCH3 is 1. The number of halogens is 1. The first-order valence-electron chi connectivity index (χ1n) is 15.5. The predicted molar refractivity (Wildman–Crippen MR) is 167 cm³/mol. The van der Waals surface area contributed by atoms with Crippen molar-refractivity contribution in [1.82, 2.24) is 25.0 Å². The van der Waals surface area contributed by atoms with E-state index in [0.717, 1.165) is 30.0 Å². The first-order valence-corrected chi connectivity index (χ1v) is 16.8. The Morgan fingerprint density at radius 1 is 1.21 bits per heavy atom. The van der Waals surface area contributed by atoms with Crippen LogP contribution in [-0.2, 0) is 21.3 Å². The minimum Gasteiger partial charge on any atom is -0.453 e. The van der Waals surface area contributed by atoms with E-state index in [1.165, 1.54) is 51.0 Å². The number of ether oxygens (including phenoxy) is 2. The molecular weight excluding hydrogens is 590 g/mol. The lowest BCUT2D eigenvalue weighted by Crippen LogP contribution is -2.44. The molecule has 238 valence electrons. The first kappa shape index (κ1) is 33.6. The van der Waals surface area contributed by atoms with Crippen LogP contribution in [0.5, 0.6) is 0 Å². The second-order valence-corrected chi connectivity index (χ2v) is 13.2. The smallest absolute Gasteiger partial charge is 0.406 e. The van der Waals surface area contributed by atoms with Gasteiger partial charge in [0.1, 0.15) is 6.33 Å². The minimum atomic E-state index is -0.613. The molecule has 2 N–H and O–H groups in total. The number of aromatic nitrogens is 3. The van der Waals surface area contributed by atoms with Crippen LogP contribution in [0.3, 0.4) is 0 Å². The number of carbonyl (C=O) groups excluding carboxylic acids is 2.